The van der Waals surface area contributed by atoms with Gasteiger partial charge in [0.05, 0.1) is 0 Å². The minimum absolute atomic E-state index is 0.388. The van der Waals surface area contributed by atoms with Gasteiger partial charge >= 0.3 is 0 Å². The Morgan fingerprint density at radius 1 is 0.636 bits per heavy atom. The molecule has 4 aromatic carbocycles. The van der Waals surface area contributed by atoms with Gasteiger partial charge in [-0.05, 0) is 68.0 Å². The fourth-order valence-corrected chi connectivity index (χ4v) is 8.89. The lowest BCUT2D eigenvalue weighted by molar-refractivity contribution is 1.22. The minimum Gasteiger partial charge on any atom is -0.212 e. The van der Waals surface area contributed by atoms with Crippen molar-refractivity contribution in [2.45, 2.75) is 11.7 Å². The smallest absolute Gasteiger partial charge is 0.0434 e. The molecule has 4 aromatic rings. The molecule has 162 valence electrons. The van der Waals surface area contributed by atoms with E-state index in [1.54, 1.807) is 4.91 Å². The molecule has 0 aromatic heterocycles. The van der Waals surface area contributed by atoms with Crippen LogP contribution in [0.1, 0.15) is 38.6 Å². The zero-order valence-electron chi connectivity index (χ0n) is 19.2. The van der Waals surface area contributed by atoms with Crippen LogP contribution in [0.3, 0.4) is 0 Å². The van der Waals surface area contributed by atoms with Gasteiger partial charge in [0, 0.05) is 11.7 Å². The van der Waals surface area contributed by atoms with Gasteiger partial charge in [-0.15, -0.1) is 0 Å². The van der Waals surface area contributed by atoms with Gasteiger partial charge in [-0.25, -0.2) is 10.0 Å². The summed E-state index contributed by atoms with van der Waals surface area (Å²) in [5.74, 6) is 0. The van der Waals surface area contributed by atoms with Crippen molar-refractivity contribution in [3.05, 3.63) is 147 Å². The van der Waals surface area contributed by atoms with Crippen LogP contribution in [0.4, 0.5) is 0 Å². The second-order valence-corrected chi connectivity index (χ2v) is 13.2. The van der Waals surface area contributed by atoms with Crippen molar-refractivity contribution in [2.24, 2.45) is 0 Å². The molecule has 2 aliphatic rings. The number of hydrogen-bond acceptors (Lipinski definition) is 0. The van der Waals surface area contributed by atoms with Crippen LogP contribution < -0.4 is 0 Å². The lowest BCUT2D eigenvalue weighted by Gasteiger charge is -2.42. The topological polar surface area (TPSA) is 0 Å². The molecule has 0 bridgehead atoms. The summed E-state index contributed by atoms with van der Waals surface area (Å²) in [7, 11) is -1.20. The Morgan fingerprint density at radius 2 is 1.24 bits per heavy atom. The molecule has 0 N–H and O–H groups in total. The zero-order chi connectivity index (χ0) is 22.4. The Morgan fingerprint density at radius 3 is 2.00 bits per heavy atom. The maximum Gasteiger partial charge on any atom is 0.0434 e. The number of allylic oxidation sites excluding steroid dienone is 1. The standard InChI is InChI=1S/C32H28S/c1-33(2,30-22-26-18-9-11-19-27(26)31(30)24-15-7-4-8-16-24)32-28-20-12-10-17-25(28)21-29(32)23-13-5-3-6-14-23/h3-21,32H,22H2,1-2H3. The summed E-state index contributed by atoms with van der Waals surface area (Å²) in [5.41, 5.74) is 11.3. The Kier molecular flexibility index (Phi) is 4.89. The number of hydrogen-bond donors (Lipinski definition) is 0. The van der Waals surface area contributed by atoms with Crippen molar-refractivity contribution in [1.29, 1.82) is 0 Å². The van der Waals surface area contributed by atoms with Crippen LogP contribution in [0.15, 0.2) is 114 Å². The summed E-state index contributed by atoms with van der Waals surface area (Å²) in [6, 6.07) is 40.0. The lowest BCUT2D eigenvalue weighted by atomic mass is 9.99. The van der Waals surface area contributed by atoms with Crippen LogP contribution >= 0.6 is 10.0 Å². The van der Waals surface area contributed by atoms with Crippen molar-refractivity contribution < 1.29 is 0 Å². The van der Waals surface area contributed by atoms with Gasteiger partial charge in [-0.1, -0.05) is 109 Å². The number of benzene rings is 4. The Bertz CT molecular complexity index is 1390. The van der Waals surface area contributed by atoms with Crippen LogP contribution in [-0.2, 0) is 6.42 Å². The lowest BCUT2D eigenvalue weighted by Crippen LogP contribution is -2.12. The van der Waals surface area contributed by atoms with Gasteiger partial charge in [0.2, 0.25) is 0 Å². The van der Waals surface area contributed by atoms with E-state index in [1.807, 2.05) is 0 Å². The molecule has 2 aliphatic carbocycles. The van der Waals surface area contributed by atoms with Gasteiger partial charge in [-0.3, -0.25) is 0 Å². The van der Waals surface area contributed by atoms with Gasteiger partial charge in [-0.2, -0.15) is 0 Å². The van der Waals surface area contributed by atoms with Crippen LogP contribution in [0, 0.1) is 0 Å². The highest BCUT2D eigenvalue weighted by Crippen LogP contribution is 2.70. The Labute approximate surface area is 198 Å². The third kappa shape index (κ3) is 3.31. The Balaban J connectivity index is 1.57. The molecule has 1 unspecified atom stereocenters. The monoisotopic (exact) mass is 444 g/mol. The molecule has 0 saturated carbocycles. The molecule has 0 amide bonds. The molecular weight excluding hydrogens is 416 g/mol. The quantitative estimate of drug-likeness (QED) is 0.297. The maximum atomic E-state index is 2.54. The van der Waals surface area contributed by atoms with Crippen molar-refractivity contribution in [3.8, 4) is 0 Å². The number of rotatable bonds is 4. The normalized spacial score (nSPS) is 17.5. The SMILES string of the molecule is CS(C)(C1=C(c2ccccc2)c2ccccc2C1)C1C(c2ccccc2)=Cc2ccccc21. The number of fused-ring (bicyclic) bond motifs is 2. The minimum atomic E-state index is -1.20. The van der Waals surface area contributed by atoms with E-state index in [0.717, 1.165) is 6.42 Å². The largest absolute Gasteiger partial charge is 0.212 e. The van der Waals surface area contributed by atoms with E-state index in [4.69, 9.17) is 0 Å². The Hall–Kier alpha value is -3.29. The molecule has 0 nitrogen and oxygen atoms in total. The molecular formula is C32H28S. The molecule has 1 atom stereocenters. The van der Waals surface area contributed by atoms with Gasteiger partial charge in [0.15, 0.2) is 0 Å². The van der Waals surface area contributed by atoms with Crippen LogP contribution in [0.5, 0.6) is 0 Å². The van der Waals surface area contributed by atoms with Crippen molar-refractivity contribution >= 4 is 27.3 Å². The van der Waals surface area contributed by atoms with E-state index in [2.05, 4.69) is 128 Å². The molecule has 1 heteroatoms. The van der Waals surface area contributed by atoms with Crippen molar-refractivity contribution in [2.75, 3.05) is 12.5 Å². The molecule has 0 saturated heterocycles. The summed E-state index contributed by atoms with van der Waals surface area (Å²) in [6.07, 6.45) is 8.57. The fourth-order valence-electron chi connectivity index (χ4n) is 5.63. The zero-order valence-corrected chi connectivity index (χ0v) is 20.0. The van der Waals surface area contributed by atoms with Crippen LogP contribution in [0.2, 0.25) is 0 Å². The van der Waals surface area contributed by atoms with Crippen LogP contribution in [-0.4, -0.2) is 12.5 Å². The van der Waals surface area contributed by atoms with E-state index < -0.39 is 10.0 Å². The first-order chi connectivity index (χ1) is 16.1. The second-order valence-electron chi connectivity index (χ2n) is 9.38. The van der Waals surface area contributed by atoms with E-state index in [9.17, 15) is 0 Å². The average Bonchev–Trinajstić information content (AvgIpc) is 3.45. The highest BCUT2D eigenvalue weighted by atomic mass is 32.3. The summed E-state index contributed by atoms with van der Waals surface area (Å²) in [4.78, 5) is 1.62. The maximum absolute atomic E-state index is 2.54. The molecule has 0 spiro atoms. The van der Waals surface area contributed by atoms with E-state index >= 15 is 0 Å². The third-order valence-corrected chi connectivity index (χ3v) is 10.5. The van der Waals surface area contributed by atoms with E-state index in [-0.39, 0.29) is 0 Å². The molecule has 0 aliphatic heterocycles. The summed E-state index contributed by atoms with van der Waals surface area (Å²) in [5, 5.41) is 0.388. The second kappa shape index (κ2) is 7.93. The predicted molar refractivity (Wildman–Crippen MR) is 146 cm³/mol. The molecule has 33 heavy (non-hydrogen) atoms. The molecule has 6 rings (SSSR count). The third-order valence-electron chi connectivity index (χ3n) is 7.18. The van der Waals surface area contributed by atoms with Gasteiger partial charge < -0.3 is 0 Å². The highest BCUT2D eigenvalue weighted by molar-refractivity contribution is 8.36. The van der Waals surface area contributed by atoms with Crippen LogP contribution in [0.25, 0.3) is 17.2 Å². The fraction of sp³-hybridized carbons (Fsp3) is 0.125. The first-order valence-electron chi connectivity index (χ1n) is 11.6. The average molecular weight is 445 g/mol. The highest BCUT2D eigenvalue weighted by Gasteiger charge is 2.40. The molecule has 0 radical (unpaired) electrons. The van der Waals surface area contributed by atoms with E-state index in [0.29, 0.717) is 5.25 Å². The van der Waals surface area contributed by atoms with Gasteiger partial charge in [0.1, 0.15) is 0 Å². The summed E-state index contributed by atoms with van der Waals surface area (Å²) < 4.78 is 0. The molecule has 0 heterocycles. The van der Waals surface area contributed by atoms with E-state index in [1.165, 1.54) is 44.5 Å². The summed E-state index contributed by atoms with van der Waals surface area (Å²) in [6.45, 7) is 0. The molecule has 0 fully saturated rings. The predicted octanol–water partition coefficient (Wildman–Crippen LogP) is 8.36. The van der Waals surface area contributed by atoms with Gasteiger partial charge in [0.25, 0.3) is 0 Å². The van der Waals surface area contributed by atoms with Crippen molar-refractivity contribution in [3.63, 3.8) is 0 Å². The first kappa shape index (κ1) is 20.3. The van der Waals surface area contributed by atoms with Crippen molar-refractivity contribution in [1.82, 2.24) is 0 Å². The first-order valence-corrected chi connectivity index (χ1v) is 14.1. The summed E-state index contributed by atoms with van der Waals surface area (Å²) >= 11 is 0.